The van der Waals surface area contributed by atoms with Crippen molar-refractivity contribution in [3.8, 4) is 39.2 Å². The van der Waals surface area contributed by atoms with Crippen molar-refractivity contribution in [2.24, 2.45) is 39.3 Å². The molecule has 7 nitrogen and oxygen atoms in total. The summed E-state index contributed by atoms with van der Waals surface area (Å²) in [5.74, 6) is 14.9. The number of Topliss-reactive ketones (excluding diaryl/α,β-unsaturated/α-hetero) is 1. The first-order valence-electron chi connectivity index (χ1n) is 18.5. The summed E-state index contributed by atoms with van der Waals surface area (Å²) in [6, 6.07) is 11.9. The molecule has 1 aromatic carbocycles. The minimum atomic E-state index is -0.547. The van der Waals surface area contributed by atoms with Gasteiger partial charge in [0.1, 0.15) is 5.75 Å². The maximum absolute atomic E-state index is 14.8. The van der Waals surface area contributed by atoms with Crippen LogP contribution in [0.1, 0.15) is 104 Å². The number of benzene rings is 1. The summed E-state index contributed by atoms with van der Waals surface area (Å²) in [7, 11) is 1.70. The van der Waals surface area contributed by atoms with Gasteiger partial charge in [-0.2, -0.15) is 0 Å². The largest absolute Gasteiger partial charge is 0.508 e. The highest BCUT2D eigenvalue weighted by molar-refractivity contribution is 7.23. The van der Waals surface area contributed by atoms with E-state index in [0.29, 0.717) is 30.6 Å². The summed E-state index contributed by atoms with van der Waals surface area (Å²) in [5, 5.41) is 27.9. The molecule has 3 fully saturated rings. The summed E-state index contributed by atoms with van der Waals surface area (Å²) in [6.45, 7) is 3.96. The summed E-state index contributed by atoms with van der Waals surface area (Å²) in [5.41, 5.74) is 9.04. The summed E-state index contributed by atoms with van der Waals surface area (Å²) in [6.07, 6.45) is 10.6. The van der Waals surface area contributed by atoms with Crippen molar-refractivity contribution in [2.75, 3.05) is 18.9 Å². The molecular weight excluding hydrogens is 673 g/mol. The van der Waals surface area contributed by atoms with Gasteiger partial charge in [0, 0.05) is 47.8 Å². The molecule has 6 unspecified atom stereocenters. The highest BCUT2D eigenvalue weighted by atomic mass is 32.1. The van der Waals surface area contributed by atoms with Gasteiger partial charge in [-0.15, -0.1) is 28.6 Å². The van der Waals surface area contributed by atoms with Crippen LogP contribution in [0.5, 0.6) is 5.75 Å². The van der Waals surface area contributed by atoms with Crippen LogP contribution in [0.2, 0.25) is 0 Å². The Morgan fingerprint density at radius 1 is 1.12 bits per heavy atom. The van der Waals surface area contributed by atoms with Gasteiger partial charge in [0.25, 0.3) is 0 Å². The smallest absolute Gasteiger partial charge is 0.188 e. The standard InChI is InChI=1S/C42H50N4O3S2/c1-4-8-31-12-14-36(50-31)37-15-16-38(51-37)39(49)33-13-11-27-22-42(33)23-29(41(25-42)17-5-6-18-41)9-7-10-32-28(20-34(27)46-40(43)44-3)19-30(48)21-35(32)45-24-26(2)47/h12,14-16,19,21,26-27,29,33-34,45,47-48H,5-6,9,11,13,17-18,20,22-25H2,1-3H3,(H3,43,44,46). The molecule has 3 saturated carbocycles. The van der Waals surface area contributed by atoms with Crippen molar-refractivity contribution < 1.29 is 15.0 Å². The Hall–Kier alpha value is -3.76. The van der Waals surface area contributed by atoms with Crippen LogP contribution in [-0.4, -0.2) is 47.7 Å². The van der Waals surface area contributed by atoms with Crippen molar-refractivity contribution >= 4 is 40.1 Å². The number of phenolic OH excluding ortho intramolecular Hbond substituents is 1. The highest BCUT2D eigenvalue weighted by Gasteiger charge is 2.60. The first kappa shape index (κ1) is 35.6. The van der Waals surface area contributed by atoms with Gasteiger partial charge in [0.05, 0.1) is 27.1 Å². The number of fused-ring (bicyclic) bond motifs is 4. The van der Waals surface area contributed by atoms with Gasteiger partial charge < -0.3 is 26.6 Å². The van der Waals surface area contributed by atoms with Crippen LogP contribution >= 0.6 is 22.7 Å². The van der Waals surface area contributed by atoms with Crippen molar-refractivity contribution in [1.29, 1.82) is 0 Å². The Bertz CT molecular complexity index is 1930. The van der Waals surface area contributed by atoms with Gasteiger partial charge in [-0.1, -0.05) is 30.6 Å². The lowest BCUT2D eigenvalue weighted by atomic mass is 9.58. The van der Waals surface area contributed by atoms with Crippen LogP contribution in [0.25, 0.3) is 9.75 Å². The van der Waals surface area contributed by atoms with E-state index in [1.165, 1.54) is 25.7 Å². The van der Waals surface area contributed by atoms with Crippen molar-refractivity contribution in [3.05, 3.63) is 57.3 Å². The third kappa shape index (κ3) is 7.18. The fraction of sp³-hybridized carbons (Fsp3) is 0.524. The number of guanidine groups is 1. The molecule has 3 bridgehead atoms. The quantitative estimate of drug-likeness (QED) is 0.0735. The van der Waals surface area contributed by atoms with Gasteiger partial charge in [0.2, 0.25) is 0 Å². The Morgan fingerprint density at radius 2 is 1.90 bits per heavy atom. The number of ketones is 1. The molecule has 0 aliphatic heterocycles. The van der Waals surface area contributed by atoms with Crippen molar-refractivity contribution in [1.82, 2.24) is 5.32 Å². The van der Waals surface area contributed by atoms with Crippen LogP contribution in [0.4, 0.5) is 5.69 Å². The lowest BCUT2D eigenvalue weighted by Crippen LogP contribution is -2.50. The highest BCUT2D eigenvalue weighted by Crippen LogP contribution is 2.68. The van der Waals surface area contributed by atoms with E-state index in [0.717, 1.165) is 74.8 Å². The van der Waals surface area contributed by atoms with Crippen molar-refractivity contribution in [3.63, 3.8) is 0 Å². The zero-order valence-corrected chi connectivity index (χ0v) is 31.6. The molecule has 4 aliphatic rings. The number of thiophene rings is 2. The number of carbonyl (C=O) groups excluding carboxylic acids is 1. The molecule has 268 valence electrons. The first-order valence-corrected chi connectivity index (χ1v) is 20.2. The lowest BCUT2D eigenvalue weighted by molar-refractivity contribution is 0.0338. The average molecular weight is 723 g/mol. The van der Waals surface area contributed by atoms with Crippen molar-refractivity contribution in [2.45, 2.75) is 96.6 Å². The molecule has 0 amide bonds. The minimum absolute atomic E-state index is 0.0334. The van der Waals surface area contributed by atoms with E-state index in [1.54, 1.807) is 42.7 Å². The fourth-order valence-corrected chi connectivity index (χ4v) is 12.1. The molecule has 0 saturated heterocycles. The molecule has 6 N–H and O–H groups in total. The number of aromatic hydroxyl groups is 1. The number of nitrogens with zero attached hydrogens (tertiary/aromatic N) is 1. The van der Waals surface area contributed by atoms with E-state index in [4.69, 9.17) is 5.73 Å². The van der Waals surface area contributed by atoms with Crippen LogP contribution < -0.4 is 16.4 Å². The third-order valence-corrected chi connectivity index (χ3v) is 14.6. The van der Waals surface area contributed by atoms with Gasteiger partial charge >= 0.3 is 0 Å². The Labute approximate surface area is 310 Å². The zero-order chi connectivity index (χ0) is 35.8. The number of rotatable bonds is 7. The Morgan fingerprint density at radius 3 is 2.67 bits per heavy atom. The van der Waals surface area contributed by atoms with Crippen LogP contribution in [0.15, 0.2) is 41.4 Å². The summed E-state index contributed by atoms with van der Waals surface area (Å²) >= 11 is 3.32. The topological polar surface area (TPSA) is 120 Å². The molecule has 3 aromatic rings. The second-order valence-corrected chi connectivity index (χ2v) is 17.7. The lowest BCUT2D eigenvalue weighted by Gasteiger charge is -2.47. The third-order valence-electron chi connectivity index (χ3n) is 12.3. The van der Waals surface area contributed by atoms with E-state index in [1.807, 2.05) is 13.0 Å². The molecule has 0 radical (unpaired) electrons. The van der Waals surface area contributed by atoms with E-state index in [-0.39, 0.29) is 34.5 Å². The number of nitrogens with one attached hydrogen (secondary N) is 2. The maximum Gasteiger partial charge on any atom is 0.188 e. The van der Waals surface area contributed by atoms with Gasteiger partial charge in [0.15, 0.2) is 11.7 Å². The molecular formula is C42H50N4O3S2. The average Bonchev–Trinajstić information content (AvgIpc) is 3.92. The molecule has 9 heteroatoms. The van der Waals surface area contributed by atoms with Gasteiger partial charge in [-0.25, -0.2) is 0 Å². The van der Waals surface area contributed by atoms with E-state index >= 15 is 0 Å². The number of anilines is 1. The fourth-order valence-electron chi connectivity index (χ4n) is 10.1. The predicted octanol–water partition coefficient (Wildman–Crippen LogP) is 7.80. The molecule has 2 aromatic heterocycles. The SMILES string of the molecule is CC#Cc1ccc(-c2ccc(C(=O)C3CCC4CC35CC(CC#Cc3c(cc(O)cc3NCC(C)O)CC4NC(N)=NC)C3(CCCC3)C5)s2)s1. The number of aliphatic imine (C=N–C) groups is 1. The molecule has 4 aliphatic carbocycles. The summed E-state index contributed by atoms with van der Waals surface area (Å²) in [4.78, 5) is 23.3. The van der Waals surface area contributed by atoms with E-state index in [2.05, 4.69) is 63.6 Å². The zero-order valence-electron chi connectivity index (χ0n) is 30.0. The molecule has 7 rings (SSSR count). The first-order chi connectivity index (χ1) is 24.6. The van der Waals surface area contributed by atoms with Crippen LogP contribution in [0.3, 0.4) is 0 Å². The van der Waals surface area contributed by atoms with E-state index in [9.17, 15) is 15.0 Å². The molecule has 51 heavy (non-hydrogen) atoms. The number of hydrogen-bond acceptors (Lipinski definition) is 7. The maximum atomic E-state index is 14.8. The molecule has 2 spiro atoms. The number of aliphatic hydroxyl groups is 1. The van der Waals surface area contributed by atoms with E-state index < -0.39 is 6.10 Å². The number of nitrogens with two attached hydrogens (primary N) is 1. The summed E-state index contributed by atoms with van der Waals surface area (Å²) < 4.78 is 0. The van der Waals surface area contributed by atoms with Gasteiger partial charge in [-0.3, -0.25) is 9.79 Å². The van der Waals surface area contributed by atoms with Crippen LogP contribution in [0, 0.1) is 52.3 Å². The number of phenols is 1. The van der Waals surface area contributed by atoms with Gasteiger partial charge in [-0.05, 0) is 124 Å². The second kappa shape index (κ2) is 14.7. The number of aliphatic hydroxyl groups excluding tert-OH is 1. The van der Waals surface area contributed by atoms with Crippen LogP contribution in [-0.2, 0) is 6.42 Å². The monoisotopic (exact) mass is 722 g/mol. The number of hydrogen-bond donors (Lipinski definition) is 5. The Balaban J connectivity index is 1.28. The molecule has 6 atom stereocenters. The predicted molar refractivity (Wildman–Crippen MR) is 209 cm³/mol. The normalized spacial score (nSPS) is 27.2. The minimum Gasteiger partial charge on any atom is -0.508 e. The Kier molecular flexibility index (Phi) is 10.3. The molecule has 2 heterocycles. The second-order valence-electron chi connectivity index (χ2n) is 15.5. The number of carbonyl (C=O) groups is 1.